The molecule has 2 aliphatic rings. The fourth-order valence-corrected chi connectivity index (χ4v) is 4.63. The number of nitrogen functional groups attached to an aromatic ring is 1. The Morgan fingerprint density at radius 2 is 1.82 bits per heavy atom. The van der Waals surface area contributed by atoms with E-state index in [9.17, 15) is 9.18 Å². The Balaban J connectivity index is 1.42. The second-order valence-corrected chi connectivity index (χ2v) is 8.78. The highest BCUT2D eigenvalue weighted by atomic mass is 19.1. The van der Waals surface area contributed by atoms with Crippen LogP contribution in [0.1, 0.15) is 35.7 Å². The number of nitrogens with two attached hydrogens (primary N) is 1. The fraction of sp³-hybridized carbons (Fsp3) is 0.308. The largest absolute Gasteiger partial charge is 0.490 e. The minimum Gasteiger partial charge on any atom is -0.490 e. The predicted octanol–water partition coefficient (Wildman–Crippen LogP) is 3.94. The molecule has 0 aliphatic carbocycles. The predicted molar refractivity (Wildman–Crippen MR) is 127 cm³/mol. The van der Waals surface area contributed by atoms with Crippen LogP contribution in [0.2, 0.25) is 0 Å². The SMILES string of the molecule is C[C@H]1CC(Oc2ccc(-c3cc(-c4ccc5c(c4)CCNC5=O)c(N)nc3F)cc2)CCN1. The first-order valence-electron chi connectivity index (χ1n) is 11.4. The molecule has 170 valence electrons. The summed E-state index contributed by atoms with van der Waals surface area (Å²) < 4.78 is 20.9. The minimum absolute atomic E-state index is 0.0741. The number of nitrogens with zero attached hydrogens (tertiary/aromatic N) is 1. The molecule has 2 aliphatic heterocycles. The molecule has 1 amide bonds. The number of carbonyl (C=O) groups excluding carboxylic acids is 1. The summed E-state index contributed by atoms with van der Waals surface area (Å²) in [6.45, 7) is 3.70. The fourth-order valence-electron chi connectivity index (χ4n) is 4.63. The standard InChI is InChI=1S/C26H27FN4O2/c1-15-12-20(9-11-29-15)33-19-5-2-16(3-6-19)22-14-23(25(28)31-24(22)27)17-4-7-21-18(13-17)8-10-30-26(21)32/h2-7,13-15,20,29H,8-12H2,1H3,(H2,28,31)(H,30,32)/t15-,20?/m0/s1. The summed E-state index contributed by atoms with van der Waals surface area (Å²) in [5, 5.41) is 6.26. The number of halogens is 1. The zero-order valence-corrected chi connectivity index (χ0v) is 18.5. The average molecular weight is 447 g/mol. The monoisotopic (exact) mass is 446 g/mol. The van der Waals surface area contributed by atoms with E-state index in [0.29, 0.717) is 34.8 Å². The van der Waals surface area contributed by atoms with Gasteiger partial charge in [0.1, 0.15) is 17.7 Å². The number of hydrogen-bond acceptors (Lipinski definition) is 5. The van der Waals surface area contributed by atoms with Crippen LogP contribution in [-0.4, -0.2) is 36.1 Å². The number of amides is 1. The molecule has 6 nitrogen and oxygen atoms in total. The summed E-state index contributed by atoms with van der Waals surface area (Å²) in [4.78, 5) is 16.0. The Morgan fingerprint density at radius 1 is 1.03 bits per heavy atom. The second kappa shape index (κ2) is 8.83. The summed E-state index contributed by atoms with van der Waals surface area (Å²) >= 11 is 0. The highest BCUT2D eigenvalue weighted by molar-refractivity contribution is 5.97. The van der Waals surface area contributed by atoms with Crippen molar-refractivity contribution >= 4 is 11.7 Å². The molecule has 1 saturated heterocycles. The van der Waals surface area contributed by atoms with Gasteiger partial charge in [0.25, 0.3) is 5.91 Å². The summed E-state index contributed by atoms with van der Waals surface area (Å²) in [5.41, 5.74) is 10.2. The van der Waals surface area contributed by atoms with Gasteiger partial charge in [-0.25, -0.2) is 4.98 Å². The molecule has 3 aromatic rings. The van der Waals surface area contributed by atoms with Gasteiger partial charge in [-0.05, 0) is 73.7 Å². The number of nitrogens with one attached hydrogen (secondary N) is 2. The van der Waals surface area contributed by atoms with Crippen LogP contribution in [0.15, 0.2) is 48.5 Å². The molecule has 4 N–H and O–H groups in total. The van der Waals surface area contributed by atoms with Crippen molar-refractivity contribution in [2.75, 3.05) is 18.8 Å². The van der Waals surface area contributed by atoms with Crippen LogP contribution < -0.4 is 21.1 Å². The normalized spacial score (nSPS) is 20.1. The average Bonchev–Trinajstić information content (AvgIpc) is 2.80. The lowest BCUT2D eigenvalue weighted by atomic mass is 9.94. The Labute approximate surface area is 192 Å². The van der Waals surface area contributed by atoms with Crippen molar-refractivity contribution in [1.29, 1.82) is 0 Å². The van der Waals surface area contributed by atoms with Crippen molar-refractivity contribution in [2.45, 2.75) is 38.3 Å². The van der Waals surface area contributed by atoms with E-state index >= 15 is 0 Å². The first kappa shape index (κ1) is 21.4. The van der Waals surface area contributed by atoms with Crippen molar-refractivity contribution in [3.63, 3.8) is 0 Å². The second-order valence-electron chi connectivity index (χ2n) is 8.78. The Bertz CT molecular complexity index is 1200. The van der Waals surface area contributed by atoms with Gasteiger partial charge in [0.15, 0.2) is 0 Å². The van der Waals surface area contributed by atoms with Crippen LogP contribution in [0.25, 0.3) is 22.3 Å². The number of hydrogen-bond donors (Lipinski definition) is 3. The van der Waals surface area contributed by atoms with Crippen molar-refractivity contribution in [3.8, 4) is 28.0 Å². The summed E-state index contributed by atoms with van der Waals surface area (Å²) in [5.74, 6) is 0.204. The molecule has 0 saturated carbocycles. The molecular weight excluding hydrogens is 419 g/mol. The van der Waals surface area contributed by atoms with Crippen LogP contribution in [-0.2, 0) is 6.42 Å². The molecular formula is C26H27FN4O2. The van der Waals surface area contributed by atoms with Gasteiger partial charge >= 0.3 is 0 Å². The number of piperidine rings is 1. The van der Waals surface area contributed by atoms with Crippen LogP contribution in [0, 0.1) is 5.95 Å². The maximum atomic E-state index is 14.8. The molecule has 2 atom stereocenters. The Kier molecular flexibility index (Phi) is 5.72. The molecule has 5 rings (SSSR count). The van der Waals surface area contributed by atoms with Crippen molar-refractivity contribution in [3.05, 3.63) is 65.6 Å². The summed E-state index contributed by atoms with van der Waals surface area (Å²) in [7, 11) is 0. The number of pyridine rings is 1. The molecule has 33 heavy (non-hydrogen) atoms. The number of benzene rings is 2. The van der Waals surface area contributed by atoms with Gasteiger partial charge in [-0.3, -0.25) is 4.79 Å². The van der Waals surface area contributed by atoms with E-state index in [1.807, 2.05) is 36.4 Å². The molecule has 0 radical (unpaired) electrons. The topological polar surface area (TPSA) is 89.3 Å². The number of ether oxygens (including phenoxy) is 1. The third kappa shape index (κ3) is 4.41. The molecule has 3 heterocycles. The smallest absolute Gasteiger partial charge is 0.251 e. The molecule has 1 aromatic heterocycles. The number of fused-ring (bicyclic) bond motifs is 1. The van der Waals surface area contributed by atoms with E-state index in [4.69, 9.17) is 10.5 Å². The molecule has 1 unspecified atom stereocenters. The third-order valence-electron chi connectivity index (χ3n) is 6.39. The van der Waals surface area contributed by atoms with Crippen molar-refractivity contribution < 1.29 is 13.9 Å². The summed E-state index contributed by atoms with van der Waals surface area (Å²) in [6, 6.07) is 15.2. The van der Waals surface area contributed by atoms with Gasteiger partial charge in [0, 0.05) is 29.3 Å². The third-order valence-corrected chi connectivity index (χ3v) is 6.39. The molecule has 2 aromatic carbocycles. The number of rotatable bonds is 4. The van der Waals surface area contributed by atoms with Gasteiger partial charge in [0.2, 0.25) is 5.95 Å². The maximum Gasteiger partial charge on any atom is 0.251 e. The lowest BCUT2D eigenvalue weighted by Gasteiger charge is -2.28. The number of anilines is 1. The quantitative estimate of drug-likeness (QED) is 0.528. The Hall–Kier alpha value is -3.45. The van der Waals surface area contributed by atoms with E-state index < -0.39 is 5.95 Å². The van der Waals surface area contributed by atoms with Crippen LogP contribution in [0.3, 0.4) is 0 Å². The maximum absolute atomic E-state index is 14.8. The van der Waals surface area contributed by atoms with Crippen molar-refractivity contribution in [1.82, 2.24) is 15.6 Å². The van der Waals surface area contributed by atoms with Gasteiger partial charge in [-0.1, -0.05) is 24.3 Å². The molecule has 1 fully saturated rings. The van der Waals surface area contributed by atoms with Crippen LogP contribution in [0.5, 0.6) is 5.75 Å². The number of aromatic nitrogens is 1. The zero-order valence-electron chi connectivity index (χ0n) is 18.5. The van der Waals surface area contributed by atoms with Crippen LogP contribution in [0.4, 0.5) is 10.2 Å². The lowest BCUT2D eigenvalue weighted by molar-refractivity contribution is 0.0946. The minimum atomic E-state index is -0.616. The van der Waals surface area contributed by atoms with Crippen LogP contribution >= 0.6 is 0 Å². The first-order chi connectivity index (χ1) is 16.0. The van der Waals surface area contributed by atoms with E-state index in [1.54, 1.807) is 12.1 Å². The van der Waals surface area contributed by atoms with E-state index in [-0.39, 0.29) is 17.8 Å². The first-order valence-corrected chi connectivity index (χ1v) is 11.4. The number of carbonyl (C=O) groups is 1. The van der Waals surface area contributed by atoms with E-state index in [2.05, 4.69) is 22.5 Å². The van der Waals surface area contributed by atoms with E-state index in [0.717, 1.165) is 42.7 Å². The molecule has 0 bridgehead atoms. The van der Waals surface area contributed by atoms with Crippen molar-refractivity contribution in [2.24, 2.45) is 0 Å². The van der Waals surface area contributed by atoms with E-state index in [1.165, 1.54) is 0 Å². The van der Waals surface area contributed by atoms with Gasteiger partial charge in [-0.15, -0.1) is 0 Å². The highest BCUT2D eigenvalue weighted by Crippen LogP contribution is 2.34. The van der Waals surface area contributed by atoms with Gasteiger partial charge in [-0.2, -0.15) is 4.39 Å². The zero-order chi connectivity index (χ0) is 22.9. The Morgan fingerprint density at radius 3 is 2.61 bits per heavy atom. The highest BCUT2D eigenvalue weighted by Gasteiger charge is 2.21. The van der Waals surface area contributed by atoms with Gasteiger partial charge in [0.05, 0.1) is 0 Å². The summed E-state index contributed by atoms with van der Waals surface area (Å²) in [6.07, 6.45) is 2.85. The lowest BCUT2D eigenvalue weighted by Crippen LogP contribution is -2.40. The molecule has 7 heteroatoms. The van der Waals surface area contributed by atoms with Gasteiger partial charge < -0.3 is 21.1 Å². The molecule has 0 spiro atoms.